The Hall–Kier alpha value is -3.81. The van der Waals surface area contributed by atoms with E-state index in [9.17, 15) is 9.59 Å². The first-order valence-electron chi connectivity index (χ1n) is 11.2. The van der Waals surface area contributed by atoms with Crippen LogP contribution in [0, 0.1) is 6.92 Å². The van der Waals surface area contributed by atoms with Gasteiger partial charge in [0.05, 0.1) is 24.1 Å². The second kappa shape index (κ2) is 9.21. The van der Waals surface area contributed by atoms with E-state index < -0.39 is 17.8 Å². The maximum Gasteiger partial charge on any atom is 0.420 e. The van der Waals surface area contributed by atoms with E-state index in [2.05, 4.69) is 11.6 Å². The number of imidazole rings is 1. The monoisotopic (exact) mass is 463 g/mol. The van der Waals surface area contributed by atoms with Gasteiger partial charge < -0.3 is 19.1 Å². The van der Waals surface area contributed by atoms with Crippen LogP contribution in [0.2, 0.25) is 0 Å². The van der Waals surface area contributed by atoms with Gasteiger partial charge in [-0.2, -0.15) is 0 Å². The lowest BCUT2D eigenvalue weighted by Gasteiger charge is -2.20. The van der Waals surface area contributed by atoms with Crippen molar-refractivity contribution in [2.24, 2.45) is 0 Å². The number of hydrogen-bond acceptors (Lipinski definition) is 6. The molecule has 8 heteroatoms. The van der Waals surface area contributed by atoms with E-state index in [1.165, 1.54) is 10.6 Å². The molecule has 178 valence electrons. The first-order valence-corrected chi connectivity index (χ1v) is 11.2. The molecule has 1 amide bonds. The SMILES string of the molecule is C=CCOC(=O)N1CCOc2ccc(-c3ccc4nc(C)n(C(=O)OC(C)(C)C)c4c3)cc2C1. The largest absolute Gasteiger partial charge is 0.491 e. The van der Waals surface area contributed by atoms with Gasteiger partial charge in [0.15, 0.2) is 0 Å². The minimum atomic E-state index is -0.618. The number of nitrogens with zero attached hydrogens (tertiary/aromatic N) is 3. The number of carbonyl (C=O) groups is 2. The van der Waals surface area contributed by atoms with Crippen LogP contribution in [0.15, 0.2) is 49.1 Å². The predicted octanol–water partition coefficient (Wildman–Crippen LogP) is 5.31. The Kier molecular flexibility index (Phi) is 6.32. The molecule has 4 rings (SSSR count). The third-order valence-electron chi connectivity index (χ3n) is 5.35. The maximum absolute atomic E-state index is 12.8. The topological polar surface area (TPSA) is 82.9 Å². The maximum atomic E-state index is 12.8. The molecule has 34 heavy (non-hydrogen) atoms. The van der Waals surface area contributed by atoms with Gasteiger partial charge in [-0.1, -0.05) is 24.8 Å². The highest BCUT2D eigenvalue weighted by Gasteiger charge is 2.23. The molecule has 1 aromatic heterocycles. The highest BCUT2D eigenvalue weighted by atomic mass is 16.6. The Morgan fingerprint density at radius 2 is 1.88 bits per heavy atom. The van der Waals surface area contributed by atoms with E-state index >= 15 is 0 Å². The molecule has 0 bridgehead atoms. The van der Waals surface area contributed by atoms with Crippen molar-refractivity contribution in [1.29, 1.82) is 0 Å². The van der Waals surface area contributed by atoms with Crippen molar-refractivity contribution in [3.05, 3.63) is 60.4 Å². The van der Waals surface area contributed by atoms with Gasteiger partial charge in [-0.15, -0.1) is 0 Å². The molecule has 0 fully saturated rings. The van der Waals surface area contributed by atoms with E-state index in [0.717, 1.165) is 22.4 Å². The van der Waals surface area contributed by atoms with Gasteiger partial charge in [-0.05, 0) is 63.1 Å². The summed E-state index contributed by atoms with van der Waals surface area (Å²) in [5, 5.41) is 0. The zero-order chi connectivity index (χ0) is 24.5. The summed E-state index contributed by atoms with van der Waals surface area (Å²) in [6.45, 7) is 12.2. The molecule has 1 aliphatic heterocycles. The summed E-state index contributed by atoms with van der Waals surface area (Å²) in [6, 6.07) is 11.6. The molecule has 0 radical (unpaired) electrons. The van der Waals surface area contributed by atoms with E-state index in [0.29, 0.717) is 36.6 Å². The lowest BCUT2D eigenvalue weighted by Crippen LogP contribution is -2.33. The number of aryl methyl sites for hydroxylation is 1. The van der Waals surface area contributed by atoms with E-state index in [4.69, 9.17) is 14.2 Å². The van der Waals surface area contributed by atoms with Crippen LogP contribution in [0.3, 0.4) is 0 Å². The summed E-state index contributed by atoms with van der Waals surface area (Å²) in [7, 11) is 0. The molecule has 0 aliphatic carbocycles. The summed E-state index contributed by atoms with van der Waals surface area (Å²) in [6.07, 6.45) is 0.673. The Balaban J connectivity index is 1.68. The van der Waals surface area contributed by atoms with Crippen molar-refractivity contribution in [3.8, 4) is 16.9 Å². The summed E-state index contributed by atoms with van der Waals surface area (Å²) in [5.74, 6) is 1.30. The van der Waals surface area contributed by atoms with Crippen LogP contribution in [0.25, 0.3) is 22.2 Å². The third kappa shape index (κ3) is 4.90. The van der Waals surface area contributed by atoms with Crippen LogP contribution in [0.5, 0.6) is 5.75 Å². The molecule has 3 aromatic rings. The van der Waals surface area contributed by atoms with Crippen molar-refractivity contribution in [1.82, 2.24) is 14.5 Å². The van der Waals surface area contributed by atoms with Crippen LogP contribution >= 0.6 is 0 Å². The Morgan fingerprint density at radius 3 is 2.62 bits per heavy atom. The second-order valence-electron chi connectivity index (χ2n) is 9.14. The first kappa shape index (κ1) is 23.4. The van der Waals surface area contributed by atoms with Crippen LogP contribution in [-0.2, 0) is 16.0 Å². The number of fused-ring (bicyclic) bond motifs is 2. The fraction of sp³-hybridized carbons (Fsp3) is 0.346. The molecule has 2 heterocycles. The summed E-state index contributed by atoms with van der Waals surface area (Å²) in [5.41, 5.74) is 3.48. The molecule has 0 saturated heterocycles. The molecular weight excluding hydrogens is 434 g/mol. The van der Waals surface area contributed by atoms with E-state index in [-0.39, 0.29) is 6.61 Å². The molecular formula is C26H29N3O5. The Bertz CT molecular complexity index is 1260. The van der Waals surface area contributed by atoms with Crippen LogP contribution in [0.1, 0.15) is 32.2 Å². The molecule has 8 nitrogen and oxygen atoms in total. The van der Waals surface area contributed by atoms with Gasteiger partial charge in [-0.25, -0.2) is 19.1 Å². The van der Waals surface area contributed by atoms with Crippen LogP contribution in [-0.4, -0.2) is 52.0 Å². The quantitative estimate of drug-likeness (QED) is 0.490. The number of hydrogen-bond donors (Lipinski definition) is 0. The smallest absolute Gasteiger partial charge is 0.420 e. The van der Waals surface area contributed by atoms with Gasteiger partial charge in [0.2, 0.25) is 0 Å². The van der Waals surface area contributed by atoms with Crippen molar-refractivity contribution in [2.45, 2.75) is 39.8 Å². The van der Waals surface area contributed by atoms with Crippen molar-refractivity contribution < 1.29 is 23.8 Å². The lowest BCUT2D eigenvalue weighted by molar-refractivity contribution is 0.0540. The number of amides is 1. The van der Waals surface area contributed by atoms with Crippen LogP contribution < -0.4 is 4.74 Å². The first-order chi connectivity index (χ1) is 16.2. The number of benzene rings is 2. The predicted molar refractivity (Wildman–Crippen MR) is 129 cm³/mol. The fourth-order valence-electron chi connectivity index (χ4n) is 3.86. The summed E-state index contributed by atoms with van der Waals surface area (Å²) >= 11 is 0. The molecule has 0 atom stereocenters. The second-order valence-corrected chi connectivity index (χ2v) is 9.14. The molecule has 0 spiro atoms. The van der Waals surface area contributed by atoms with Gasteiger partial charge in [-0.3, -0.25) is 0 Å². The Morgan fingerprint density at radius 1 is 1.15 bits per heavy atom. The number of aromatic nitrogens is 2. The van der Waals surface area contributed by atoms with Gasteiger partial charge in [0, 0.05) is 5.56 Å². The molecule has 0 N–H and O–H groups in total. The van der Waals surface area contributed by atoms with E-state index in [1.54, 1.807) is 11.8 Å². The van der Waals surface area contributed by atoms with Crippen LogP contribution in [0.4, 0.5) is 9.59 Å². The molecule has 2 aromatic carbocycles. The standard InChI is InChI=1S/C26H29N3O5/c1-6-12-33-24(30)28-11-13-32-23-10-8-18(14-20(23)16-28)19-7-9-21-22(15-19)29(17(2)27-21)25(31)34-26(3,4)5/h6-10,14-15H,1,11-13,16H2,2-5H3. The number of rotatable bonds is 3. The van der Waals surface area contributed by atoms with Crippen molar-refractivity contribution >= 4 is 23.2 Å². The fourth-order valence-corrected chi connectivity index (χ4v) is 3.86. The zero-order valence-corrected chi connectivity index (χ0v) is 20.0. The lowest BCUT2D eigenvalue weighted by atomic mass is 10.0. The van der Waals surface area contributed by atoms with Gasteiger partial charge in [0.25, 0.3) is 0 Å². The zero-order valence-electron chi connectivity index (χ0n) is 20.0. The third-order valence-corrected chi connectivity index (χ3v) is 5.35. The minimum absolute atomic E-state index is 0.161. The normalized spacial score (nSPS) is 13.6. The summed E-state index contributed by atoms with van der Waals surface area (Å²) in [4.78, 5) is 31.3. The Labute approximate surface area is 198 Å². The molecule has 1 aliphatic rings. The average Bonchev–Trinajstić information content (AvgIpc) is 2.96. The van der Waals surface area contributed by atoms with Gasteiger partial charge >= 0.3 is 12.2 Å². The average molecular weight is 464 g/mol. The van der Waals surface area contributed by atoms with E-state index in [1.807, 2.05) is 57.2 Å². The highest BCUT2D eigenvalue weighted by molar-refractivity contribution is 5.90. The highest BCUT2D eigenvalue weighted by Crippen LogP contribution is 2.31. The molecule has 0 saturated carbocycles. The number of carbonyl (C=O) groups excluding carboxylic acids is 2. The molecule has 0 unspecified atom stereocenters. The van der Waals surface area contributed by atoms with Crippen molar-refractivity contribution in [2.75, 3.05) is 19.8 Å². The number of ether oxygens (including phenoxy) is 3. The summed E-state index contributed by atoms with van der Waals surface area (Å²) < 4.78 is 18.1. The van der Waals surface area contributed by atoms with Crippen molar-refractivity contribution in [3.63, 3.8) is 0 Å². The van der Waals surface area contributed by atoms with Gasteiger partial charge in [0.1, 0.15) is 30.4 Å². The minimum Gasteiger partial charge on any atom is -0.491 e.